The van der Waals surface area contributed by atoms with Crippen molar-refractivity contribution in [1.29, 1.82) is 0 Å². The molecule has 0 saturated heterocycles. The molecule has 1 heterocycles. The summed E-state index contributed by atoms with van der Waals surface area (Å²) in [6.07, 6.45) is 1.40. The predicted octanol–water partition coefficient (Wildman–Crippen LogP) is 4.77. The molecule has 0 saturated carbocycles. The van der Waals surface area contributed by atoms with E-state index in [2.05, 4.69) is 20.8 Å². The van der Waals surface area contributed by atoms with E-state index in [-0.39, 0.29) is 11.5 Å². The van der Waals surface area contributed by atoms with Crippen molar-refractivity contribution in [2.75, 3.05) is 5.32 Å². The van der Waals surface area contributed by atoms with Crippen LogP contribution in [0.15, 0.2) is 83.3 Å². The number of nitrogens with zero attached hydrogens (tertiary/aromatic N) is 2. The Bertz CT molecular complexity index is 1270. The number of aryl methyl sites for hydroxylation is 1. The fourth-order valence-corrected chi connectivity index (χ4v) is 3.33. The van der Waals surface area contributed by atoms with E-state index in [4.69, 9.17) is 4.42 Å². The molecular formula is C26H23FN4O3. The minimum Gasteiger partial charge on any atom is -0.421 e. The number of hydrogen-bond acceptors (Lipinski definition) is 5. The van der Waals surface area contributed by atoms with Crippen molar-refractivity contribution in [3.63, 3.8) is 0 Å². The molecule has 2 N–H and O–H groups in total. The maximum absolute atomic E-state index is 13.3. The van der Waals surface area contributed by atoms with Gasteiger partial charge in [0.15, 0.2) is 0 Å². The summed E-state index contributed by atoms with van der Waals surface area (Å²) in [5, 5.41) is 13.7. The molecule has 0 aliphatic rings. The molecule has 4 rings (SSSR count). The zero-order valence-corrected chi connectivity index (χ0v) is 18.3. The first kappa shape index (κ1) is 22.8. The Balaban J connectivity index is 1.22. The molecular weight excluding hydrogens is 435 g/mol. The van der Waals surface area contributed by atoms with Crippen molar-refractivity contribution < 1.29 is 18.4 Å². The molecule has 34 heavy (non-hydrogen) atoms. The lowest BCUT2D eigenvalue weighted by Gasteiger charge is -2.09. The van der Waals surface area contributed by atoms with E-state index >= 15 is 0 Å². The van der Waals surface area contributed by atoms with E-state index in [0.29, 0.717) is 43.3 Å². The van der Waals surface area contributed by atoms with E-state index in [0.717, 1.165) is 11.1 Å². The minimum atomic E-state index is -0.472. The van der Waals surface area contributed by atoms with Crippen LogP contribution in [-0.2, 0) is 17.8 Å². The van der Waals surface area contributed by atoms with Crippen molar-refractivity contribution >= 4 is 17.5 Å². The van der Waals surface area contributed by atoms with Crippen LogP contribution >= 0.6 is 0 Å². The standard InChI is InChI=1S/C26H23FN4O3/c27-21-11-5-10-20(16-21)25(33)29-22-12-4-7-18(15-22)17-28-23(32)13-6-14-24-30-31-26(34-24)19-8-2-1-3-9-19/h1-5,7-12,15-16H,6,13-14,17H2,(H,28,32)(H,29,33). The van der Waals surface area contributed by atoms with Crippen LogP contribution in [0, 0.1) is 5.82 Å². The third kappa shape index (κ3) is 6.35. The molecule has 0 aliphatic heterocycles. The number of anilines is 1. The summed E-state index contributed by atoms with van der Waals surface area (Å²) in [6.45, 7) is 0.321. The first-order chi connectivity index (χ1) is 16.6. The zero-order chi connectivity index (χ0) is 23.8. The second-order valence-corrected chi connectivity index (χ2v) is 7.66. The SMILES string of the molecule is O=C(CCCc1nnc(-c2ccccc2)o1)NCc1cccc(NC(=O)c2cccc(F)c2)c1. The Labute approximate surface area is 196 Å². The first-order valence-corrected chi connectivity index (χ1v) is 10.9. The van der Waals surface area contributed by atoms with Crippen molar-refractivity contribution in [2.24, 2.45) is 0 Å². The Morgan fingerprint density at radius 3 is 2.56 bits per heavy atom. The molecule has 8 heteroatoms. The monoisotopic (exact) mass is 458 g/mol. The molecule has 0 radical (unpaired) electrons. The van der Waals surface area contributed by atoms with Gasteiger partial charge in [0.25, 0.3) is 5.91 Å². The van der Waals surface area contributed by atoms with Gasteiger partial charge in [-0.05, 0) is 54.4 Å². The molecule has 1 aromatic heterocycles. The molecule has 3 aromatic carbocycles. The van der Waals surface area contributed by atoms with Crippen molar-refractivity contribution in [3.8, 4) is 11.5 Å². The summed E-state index contributed by atoms with van der Waals surface area (Å²) in [7, 11) is 0. The number of nitrogens with one attached hydrogen (secondary N) is 2. The smallest absolute Gasteiger partial charge is 0.255 e. The van der Waals surface area contributed by atoms with Gasteiger partial charge in [0, 0.05) is 36.2 Å². The predicted molar refractivity (Wildman–Crippen MR) is 125 cm³/mol. The van der Waals surface area contributed by atoms with Gasteiger partial charge in [-0.3, -0.25) is 9.59 Å². The van der Waals surface area contributed by atoms with Crippen molar-refractivity contribution in [3.05, 3.63) is 102 Å². The Kier molecular flexibility index (Phi) is 7.39. The van der Waals surface area contributed by atoms with E-state index < -0.39 is 11.7 Å². The van der Waals surface area contributed by atoms with Crippen molar-refractivity contribution in [1.82, 2.24) is 15.5 Å². The molecule has 0 spiro atoms. The molecule has 2 amide bonds. The summed E-state index contributed by atoms with van der Waals surface area (Å²) >= 11 is 0. The van der Waals surface area contributed by atoms with Crippen LogP contribution in [-0.4, -0.2) is 22.0 Å². The van der Waals surface area contributed by atoms with Crippen LogP contribution < -0.4 is 10.6 Å². The second-order valence-electron chi connectivity index (χ2n) is 7.66. The summed E-state index contributed by atoms with van der Waals surface area (Å²) in [5.74, 6) is -0.0215. The van der Waals surface area contributed by atoms with Crippen LogP contribution in [0.3, 0.4) is 0 Å². The van der Waals surface area contributed by atoms with Crippen molar-refractivity contribution in [2.45, 2.75) is 25.8 Å². The fourth-order valence-electron chi connectivity index (χ4n) is 3.33. The first-order valence-electron chi connectivity index (χ1n) is 10.9. The number of aromatic nitrogens is 2. The highest BCUT2D eigenvalue weighted by Gasteiger charge is 2.10. The van der Waals surface area contributed by atoms with Gasteiger partial charge in [-0.15, -0.1) is 10.2 Å². The molecule has 0 fully saturated rings. The zero-order valence-electron chi connectivity index (χ0n) is 18.3. The highest BCUT2D eigenvalue weighted by Crippen LogP contribution is 2.18. The summed E-state index contributed by atoms with van der Waals surface area (Å²) < 4.78 is 19.0. The molecule has 7 nitrogen and oxygen atoms in total. The second kappa shape index (κ2) is 11.0. The molecule has 0 unspecified atom stereocenters. The Morgan fingerprint density at radius 1 is 0.912 bits per heavy atom. The highest BCUT2D eigenvalue weighted by molar-refractivity contribution is 6.04. The molecule has 0 atom stereocenters. The average Bonchev–Trinajstić information content (AvgIpc) is 3.32. The third-order valence-electron chi connectivity index (χ3n) is 5.04. The van der Waals surface area contributed by atoms with Crippen LogP contribution in [0.5, 0.6) is 0 Å². The van der Waals surface area contributed by atoms with Gasteiger partial charge in [0.05, 0.1) is 0 Å². The molecule has 172 valence electrons. The normalized spacial score (nSPS) is 10.6. The Morgan fingerprint density at radius 2 is 1.74 bits per heavy atom. The number of benzene rings is 3. The third-order valence-corrected chi connectivity index (χ3v) is 5.04. The van der Waals surface area contributed by atoms with E-state index in [1.165, 1.54) is 18.2 Å². The molecule has 4 aromatic rings. The van der Waals surface area contributed by atoms with E-state index in [1.54, 1.807) is 24.3 Å². The number of halogens is 1. The van der Waals surface area contributed by atoms with Gasteiger partial charge in [0.2, 0.25) is 17.7 Å². The van der Waals surface area contributed by atoms with Gasteiger partial charge in [0.1, 0.15) is 5.82 Å². The lowest BCUT2D eigenvalue weighted by Crippen LogP contribution is -2.22. The summed E-state index contributed by atoms with van der Waals surface area (Å²) in [6, 6.07) is 22.1. The quantitative estimate of drug-likeness (QED) is 0.377. The maximum atomic E-state index is 13.3. The minimum absolute atomic E-state index is 0.100. The molecule has 0 aliphatic carbocycles. The highest BCUT2D eigenvalue weighted by atomic mass is 19.1. The number of amides is 2. The number of hydrogen-bond donors (Lipinski definition) is 2. The Hall–Kier alpha value is -4.33. The van der Waals surface area contributed by atoms with Gasteiger partial charge >= 0.3 is 0 Å². The largest absolute Gasteiger partial charge is 0.421 e. The van der Waals surface area contributed by atoms with Crippen LogP contribution in [0.4, 0.5) is 10.1 Å². The van der Waals surface area contributed by atoms with Gasteiger partial charge in [-0.1, -0.05) is 36.4 Å². The summed E-state index contributed by atoms with van der Waals surface area (Å²) in [5.41, 5.74) is 2.48. The van der Waals surface area contributed by atoms with Gasteiger partial charge in [-0.25, -0.2) is 4.39 Å². The van der Waals surface area contributed by atoms with Crippen LogP contribution in [0.2, 0.25) is 0 Å². The molecule has 0 bridgehead atoms. The maximum Gasteiger partial charge on any atom is 0.255 e. The topological polar surface area (TPSA) is 97.1 Å². The number of carbonyl (C=O) groups excluding carboxylic acids is 2. The van der Waals surface area contributed by atoms with E-state index in [9.17, 15) is 14.0 Å². The average molecular weight is 458 g/mol. The van der Waals surface area contributed by atoms with Gasteiger partial charge in [-0.2, -0.15) is 0 Å². The van der Waals surface area contributed by atoms with E-state index in [1.807, 2.05) is 36.4 Å². The van der Waals surface area contributed by atoms with Gasteiger partial charge < -0.3 is 15.1 Å². The lowest BCUT2D eigenvalue weighted by atomic mass is 10.1. The van der Waals surface area contributed by atoms with Crippen LogP contribution in [0.1, 0.15) is 34.7 Å². The van der Waals surface area contributed by atoms with Crippen LogP contribution in [0.25, 0.3) is 11.5 Å². The number of rotatable bonds is 9. The lowest BCUT2D eigenvalue weighted by molar-refractivity contribution is -0.121. The number of carbonyl (C=O) groups is 2. The summed E-state index contributed by atoms with van der Waals surface area (Å²) in [4.78, 5) is 24.5. The fraction of sp³-hybridized carbons (Fsp3) is 0.154.